The minimum Gasteiger partial charge on any atom is -0.399 e. The Kier molecular flexibility index (Phi) is 5.60. The molecule has 3 rings (SSSR count). The summed E-state index contributed by atoms with van der Waals surface area (Å²) in [4.78, 5) is 26.6. The lowest BCUT2D eigenvalue weighted by Crippen LogP contribution is -2.37. The molecular formula is C18H19ClN4O3. The van der Waals surface area contributed by atoms with Crippen LogP contribution in [0.25, 0.3) is 0 Å². The van der Waals surface area contributed by atoms with E-state index in [1.807, 2.05) is 12.1 Å². The van der Waals surface area contributed by atoms with Crippen LogP contribution in [0.3, 0.4) is 0 Å². The molecule has 1 heterocycles. The molecule has 2 amide bonds. The average Bonchev–Trinajstić information content (AvgIpc) is 2.65. The second-order valence-electron chi connectivity index (χ2n) is 5.76. The number of carbonyl (C=O) groups is 2. The third kappa shape index (κ3) is 4.25. The molecule has 2 aromatic rings. The maximum absolute atomic E-state index is 12.3. The van der Waals surface area contributed by atoms with Crippen molar-refractivity contribution < 1.29 is 14.3 Å². The molecule has 26 heavy (non-hydrogen) atoms. The number of morpholine rings is 1. The van der Waals surface area contributed by atoms with Gasteiger partial charge in [0.25, 0.3) is 0 Å². The molecule has 0 spiro atoms. The number of para-hydroxylation sites is 2. The number of carbonyl (C=O) groups excluding carboxylic acids is 2. The number of benzene rings is 2. The van der Waals surface area contributed by atoms with Crippen molar-refractivity contribution in [3.8, 4) is 0 Å². The lowest BCUT2D eigenvalue weighted by atomic mass is 10.2. The van der Waals surface area contributed by atoms with Gasteiger partial charge >= 0.3 is 11.8 Å². The van der Waals surface area contributed by atoms with Gasteiger partial charge in [0.05, 0.1) is 35.3 Å². The number of nitrogens with zero attached hydrogens (tertiary/aromatic N) is 1. The number of rotatable bonds is 3. The van der Waals surface area contributed by atoms with E-state index in [-0.39, 0.29) is 5.02 Å². The molecule has 7 nitrogen and oxygen atoms in total. The summed E-state index contributed by atoms with van der Waals surface area (Å²) in [6, 6.07) is 12.0. The zero-order chi connectivity index (χ0) is 18.5. The van der Waals surface area contributed by atoms with Crippen molar-refractivity contribution in [2.75, 3.05) is 47.6 Å². The van der Waals surface area contributed by atoms with Crippen LogP contribution in [0.5, 0.6) is 0 Å². The van der Waals surface area contributed by atoms with E-state index < -0.39 is 11.8 Å². The van der Waals surface area contributed by atoms with Crippen LogP contribution in [-0.2, 0) is 14.3 Å². The van der Waals surface area contributed by atoms with Crippen molar-refractivity contribution in [3.63, 3.8) is 0 Å². The fourth-order valence-electron chi connectivity index (χ4n) is 2.65. The van der Waals surface area contributed by atoms with Crippen LogP contribution < -0.4 is 21.3 Å². The molecule has 0 saturated carbocycles. The monoisotopic (exact) mass is 374 g/mol. The maximum atomic E-state index is 12.3. The van der Waals surface area contributed by atoms with Gasteiger partial charge in [-0.3, -0.25) is 9.59 Å². The predicted molar refractivity (Wildman–Crippen MR) is 103 cm³/mol. The highest BCUT2D eigenvalue weighted by Gasteiger charge is 2.19. The van der Waals surface area contributed by atoms with E-state index in [0.29, 0.717) is 30.3 Å². The summed E-state index contributed by atoms with van der Waals surface area (Å²) < 4.78 is 5.35. The zero-order valence-corrected chi connectivity index (χ0v) is 14.8. The zero-order valence-electron chi connectivity index (χ0n) is 14.0. The SMILES string of the molecule is Nc1ccc(NC(=O)C(=O)Nc2ccccc2N2CCOCC2)c(Cl)c1. The summed E-state index contributed by atoms with van der Waals surface area (Å²) in [5.74, 6) is -1.59. The van der Waals surface area contributed by atoms with Gasteiger partial charge in [-0.05, 0) is 30.3 Å². The van der Waals surface area contributed by atoms with Crippen LogP contribution in [0.2, 0.25) is 5.02 Å². The smallest absolute Gasteiger partial charge is 0.314 e. The number of nitrogens with one attached hydrogen (secondary N) is 2. The van der Waals surface area contributed by atoms with Gasteiger partial charge in [-0.15, -0.1) is 0 Å². The van der Waals surface area contributed by atoms with E-state index in [0.717, 1.165) is 18.8 Å². The lowest BCUT2D eigenvalue weighted by Gasteiger charge is -2.30. The van der Waals surface area contributed by atoms with Crippen molar-refractivity contribution in [2.24, 2.45) is 0 Å². The number of amides is 2. The first-order valence-corrected chi connectivity index (χ1v) is 8.51. The van der Waals surface area contributed by atoms with Crippen LogP contribution in [0.15, 0.2) is 42.5 Å². The van der Waals surface area contributed by atoms with Crippen molar-refractivity contribution >= 4 is 46.2 Å². The summed E-state index contributed by atoms with van der Waals surface area (Å²) >= 11 is 6.02. The Bertz CT molecular complexity index is 822. The van der Waals surface area contributed by atoms with Crippen LogP contribution in [0.1, 0.15) is 0 Å². The Morgan fingerprint density at radius 1 is 1.00 bits per heavy atom. The van der Waals surface area contributed by atoms with Crippen LogP contribution >= 0.6 is 11.6 Å². The molecule has 4 N–H and O–H groups in total. The second kappa shape index (κ2) is 8.07. The van der Waals surface area contributed by atoms with Gasteiger partial charge in [-0.25, -0.2) is 0 Å². The molecule has 0 aliphatic carbocycles. The van der Waals surface area contributed by atoms with Crippen molar-refractivity contribution in [2.45, 2.75) is 0 Å². The predicted octanol–water partition coefficient (Wildman–Crippen LogP) is 2.34. The summed E-state index contributed by atoms with van der Waals surface area (Å²) in [6.45, 7) is 2.69. The Morgan fingerprint density at radius 3 is 2.35 bits per heavy atom. The third-order valence-corrected chi connectivity index (χ3v) is 4.26. The van der Waals surface area contributed by atoms with Crippen LogP contribution in [0, 0.1) is 0 Å². The average molecular weight is 375 g/mol. The van der Waals surface area contributed by atoms with Crippen molar-refractivity contribution in [1.82, 2.24) is 0 Å². The minimum atomic E-state index is -0.812. The Morgan fingerprint density at radius 2 is 1.65 bits per heavy atom. The van der Waals surface area contributed by atoms with Crippen LogP contribution in [-0.4, -0.2) is 38.1 Å². The van der Waals surface area contributed by atoms with Gasteiger partial charge in [0.1, 0.15) is 0 Å². The molecule has 1 fully saturated rings. The van der Waals surface area contributed by atoms with Gasteiger partial charge in [-0.1, -0.05) is 23.7 Å². The first kappa shape index (κ1) is 18.0. The highest BCUT2D eigenvalue weighted by Crippen LogP contribution is 2.27. The van der Waals surface area contributed by atoms with Crippen molar-refractivity contribution in [3.05, 3.63) is 47.5 Å². The summed E-state index contributed by atoms with van der Waals surface area (Å²) in [5.41, 5.74) is 7.83. The first-order chi connectivity index (χ1) is 12.5. The van der Waals surface area contributed by atoms with Gasteiger partial charge in [0.2, 0.25) is 0 Å². The summed E-state index contributed by atoms with van der Waals surface area (Å²) in [6.07, 6.45) is 0. The fourth-order valence-corrected chi connectivity index (χ4v) is 2.89. The van der Waals surface area contributed by atoms with E-state index in [9.17, 15) is 9.59 Å². The number of anilines is 4. The largest absolute Gasteiger partial charge is 0.399 e. The molecule has 0 unspecified atom stereocenters. The topological polar surface area (TPSA) is 96.7 Å². The van der Waals surface area contributed by atoms with Gasteiger partial charge in [0, 0.05) is 18.8 Å². The Balaban J connectivity index is 1.70. The number of hydrogen-bond acceptors (Lipinski definition) is 5. The highest BCUT2D eigenvalue weighted by atomic mass is 35.5. The Labute approximate surface area is 156 Å². The number of ether oxygens (including phenoxy) is 1. The maximum Gasteiger partial charge on any atom is 0.314 e. The van der Waals surface area contributed by atoms with E-state index in [1.54, 1.807) is 24.3 Å². The molecule has 0 aromatic heterocycles. The third-order valence-electron chi connectivity index (χ3n) is 3.95. The molecule has 8 heteroatoms. The molecule has 1 saturated heterocycles. The fraction of sp³-hybridized carbons (Fsp3) is 0.222. The molecule has 136 valence electrons. The van der Waals surface area contributed by atoms with Gasteiger partial charge in [-0.2, -0.15) is 0 Å². The van der Waals surface area contributed by atoms with Gasteiger partial charge < -0.3 is 26.0 Å². The standard InChI is InChI=1S/C18H19ClN4O3/c19-13-11-12(20)5-6-14(13)21-17(24)18(25)22-15-3-1-2-4-16(15)23-7-9-26-10-8-23/h1-6,11H,7-10,20H2,(H,21,24)(H,22,25). The lowest BCUT2D eigenvalue weighted by molar-refractivity contribution is -0.132. The molecule has 0 radical (unpaired) electrons. The minimum absolute atomic E-state index is 0.264. The molecular weight excluding hydrogens is 356 g/mol. The van der Waals surface area contributed by atoms with E-state index >= 15 is 0 Å². The number of halogens is 1. The Hall–Kier alpha value is -2.77. The molecule has 1 aliphatic heterocycles. The second-order valence-corrected chi connectivity index (χ2v) is 6.17. The normalized spacial score (nSPS) is 14.0. The van der Waals surface area contributed by atoms with Crippen LogP contribution in [0.4, 0.5) is 22.7 Å². The highest BCUT2D eigenvalue weighted by molar-refractivity contribution is 6.45. The molecule has 0 atom stereocenters. The number of nitrogens with two attached hydrogens (primary N) is 1. The van der Waals surface area contributed by atoms with E-state index in [1.165, 1.54) is 6.07 Å². The van der Waals surface area contributed by atoms with E-state index in [2.05, 4.69) is 15.5 Å². The number of nitrogen functional groups attached to an aromatic ring is 1. The quantitative estimate of drug-likeness (QED) is 0.566. The summed E-state index contributed by atoms with van der Waals surface area (Å²) in [7, 11) is 0. The summed E-state index contributed by atoms with van der Waals surface area (Å²) in [5, 5.41) is 5.41. The van der Waals surface area contributed by atoms with Gasteiger partial charge in [0.15, 0.2) is 0 Å². The molecule has 1 aliphatic rings. The van der Waals surface area contributed by atoms with Crippen molar-refractivity contribution in [1.29, 1.82) is 0 Å². The first-order valence-electron chi connectivity index (χ1n) is 8.13. The number of hydrogen-bond donors (Lipinski definition) is 3. The van der Waals surface area contributed by atoms with E-state index in [4.69, 9.17) is 22.1 Å². The molecule has 2 aromatic carbocycles. The molecule has 0 bridgehead atoms.